The van der Waals surface area contributed by atoms with E-state index in [1.807, 2.05) is 0 Å². The second kappa shape index (κ2) is 7.66. The predicted molar refractivity (Wildman–Crippen MR) is 97.9 cm³/mol. The quantitative estimate of drug-likeness (QED) is 0.698. The molecule has 2 aliphatic heterocycles. The molecule has 1 atom stereocenters. The molecule has 2 saturated heterocycles. The monoisotopic (exact) mass is 380 g/mol. The van der Waals surface area contributed by atoms with Crippen molar-refractivity contribution in [3.8, 4) is 0 Å². The molecule has 27 heavy (non-hydrogen) atoms. The zero-order valence-corrected chi connectivity index (χ0v) is 16.3. The van der Waals surface area contributed by atoms with Crippen LogP contribution in [0.25, 0.3) is 0 Å². The summed E-state index contributed by atoms with van der Waals surface area (Å²) in [5.74, 6) is -1.51. The summed E-state index contributed by atoms with van der Waals surface area (Å²) in [5, 5.41) is 3.01. The van der Waals surface area contributed by atoms with E-state index in [9.17, 15) is 19.2 Å². The molecule has 150 valence electrons. The van der Waals surface area contributed by atoms with Crippen LogP contribution in [0.4, 0.5) is 4.79 Å². The Bertz CT molecular complexity index is 672. The highest BCUT2D eigenvalue weighted by Gasteiger charge is 2.46. The molecule has 3 N–H and O–H groups in total. The second-order valence-electron chi connectivity index (χ2n) is 8.28. The molecule has 2 aliphatic rings. The van der Waals surface area contributed by atoms with Gasteiger partial charge >= 0.3 is 6.09 Å². The molecule has 9 nitrogen and oxygen atoms in total. The van der Waals surface area contributed by atoms with Gasteiger partial charge in [-0.25, -0.2) is 4.79 Å². The first-order chi connectivity index (χ1) is 12.4. The molecule has 0 aliphatic carbocycles. The summed E-state index contributed by atoms with van der Waals surface area (Å²) >= 11 is 0. The van der Waals surface area contributed by atoms with E-state index in [4.69, 9.17) is 10.5 Å². The minimum Gasteiger partial charge on any atom is -0.442 e. The van der Waals surface area contributed by atoms with Gasteiger partial charge in [-0.15, -0.1) is 0 Å². The molecule has 0 radical (unpaired) electrons. The lowest BCUT2D eigenvalue weighted by Gasteiger charge is -2.39. The molecule has 0 bridgehead atoms. The number of carbonyl (C=O) groups is 4. The van der Waals surface area contributed by atoms with Crippen LogP contribution in [0.1, 0.15) is 53.4 Å². The Morgan fingerprint density at radius 2 is 1.89 bits per heavy atom. The lowest BCUT2D eigenvalue weighted by atomic mass is 9.82. The van der Waals surface area contributed by atoms with Crippen LogP contribution in [0.15, 0.2) is 4.99 Å². The van der Waals surface area contributed by atoms with Crippen LogP contribution in [-0.2, 0) is 19.1 Å². The molecule has 2 rings (SSSR count). The van der Waals surface area contributed by atoms with Crippen LogP contribution < -0.4 is 11.1 Å². The first-order valence-electron chi connectivity index (χ1n) is 9.09. The largest absolute Gasteiger partial charge is 0.442 e. The van der Waals surface area contributed by atoms with E-state index in [1.165, 1.54) is 6.92 Å². The van der Waals surface area contributed by atoms with E-state index < -0.39 is 23.5 Å². The fourth-order valence-corrected chi connectivity index (χ4v) is 3.55. The number of primary amides is 1. The third-order valence-electron chi connectivity index (χ3n) is 4.91. The van der Waals surface area contributed by atoms with E-state index in [2.05, 4.69) is 10.3 Å². The fraction of sp³-hybridized carbons (Fsp3) is 0.722. The van der Waals surface area contributed by atoms with Crippen molar-refractivity contribution in [2.75, 3.05) is 13.1 Å². The molecule has 2 fully saturated rings. The standard InChI is InChI=1S/C18H28N4O5/c1-11(23)22-7-5-18(6-8-22)10-12(15(25)21-18)9-13(14(19)24)20-16(26)27-17(2,3)4/h12H,5-10H2,1-4H3,(H2,19,24)(H,21,25). The van der Waals surface area contributed by atoms with Gasteiger partial charge in [-0.05, 0) is 40.0 Å². The van der Waals surface area contributed by atoms with Gasteiger partial charge in [-0.1, -0.05) is 0 Å². The first-order valence-corrected chi connectivity index (χ1v) is 9.09. The number of ether oxygens (including phenoxy) is 1. The van der Waals surface area contributed by atoms with Gasteiger partial charge in [0, 0.05) is 37.9 Å². The molecule has 2 heterocycles. The van der Waals surface area contributed by atoms with Crippen LogP contribution in [0.5, 0.6) is 0 Å². The summed E-state index contributed by atoms with van der Waals surface area (Å²) < 4.78 is 5.08. The summed E-state index contributed by atoms with van der Waals surface area (Å²) in [7, 11) is 0. The average Bonchev–Trinajstić information content (AvgIpc) is 2.80. The van der Waals surface area contributed by atoms with Gasteiger partial charge in [0.15, 0.2) is 0 Å². The van der Waals surface area contributed by atoms with E-state index in [1.54, 1.807) is 25.7 Å². The second-order valence-corrected chi connectivity index (χ2v) is 8.28. The number of hydrogen-bond donors (Lipinski definition) is 2. The number of hydrogen-bond acceptors (Lipinski definition) is 5. The normalized spacial score (nSPS) is 22.5. The highest BCUT2D eigenvalue weighted by Crippen LogP contribution is 2.36. The Morgan fingerprint density at radius 1 is 1.30 bits per heavy atom. The molecular weight excluding hydrogens is 352 g/mol. The molecule has 1 unspecified atom stereocenters. The summed E-state index contributed by atoms with van der Waals surface area (Å²) in [6, 6.07) is 0. The van der Waals surface area contributed by atoms with Crippen molar-refractivity contribution >= 4 is 29.5 Å². The van der Waals surface area contributed by atoms with Gasteiger partial charge in [0.05, 0.1) is 0 Å². The highest BCUT2D eigenvalue weighted by atomic mass is 16.6. The molecule has 0 aromatic carbocycles. The number of rotatable bonds is 3. The maximum absolute atomic E-state index is 12.4. The average molecular weight is 380 g/mol. The molecule has 4 amide bonds. The fourth-order valence-electron chi connectivity index (χ4n) is 3.55. The predicted octanol–water partition coefficient (Wildman–Crippen LogP) is 0.755. The minimum absolute atomic E-state index is 0.0153. The van der Waals surface area contributed by atoms with Gasteiger partial charge in [-0.2, -0.15) is 4.99 Å². The molecule has 9 heteroatoms. The minimum atomic E-state index is -0.904. The van der Waals surface area contributed by atoms with Crippen LogP contribution in [0, 0.1) is 5.92 Å². The number of nitrogens with two attached hydrogens (primary N) is 1. The van der Waals surface area contributed by atoms with Crippen molar-refractivity contribution in [3.63, 3.8) is 0 Å². The van der Waals surface area contributed by atoms with Crippen molar-refractivity contribution in [2.45, 2.75) is 64.5 Å². The molecule has 1 spiro atoms. The number of nitrogens with one attached hydrogen (secondary N) is 1. The Hall–Kier alpha value is -2.45. The van der Waals surface area contributed by atoms with Crippen molar-refractivity contribution in [1.29, 1.82) is 0 Å². The topological polar surface area (TPSA) is 131 Å². The molecular formula is C18H28N4O5. The zero-order valence-electron chi connectivity index (χ0n) is 16.3. The lowest BCUT2D eigenvalue weighted by Crippen LogP contribution is -2.51. The summed E-state index contributed by atoms with van der Waals surface area (Å²) in [4.78, 5) is 52.9. The lowest BCUT2D eigenvalue weighted by molar-refractivity contribution is -0.130. The van der Waals surface area contributed by atoms with Crippen LogP contribution >= 0.6 is 0 Å². The van der Waals surface area contributed by atoms with Gasteiger partial charge < -0.3 is 20.7 Å². The van der Waals surface area contributed by atoms with Crippen molar-refractivity contribution < 1.29 is 23.9 Å². The number of piperidine rings is 1. The van der Waals surface area contributed by atoms with Crippen molar-refractivity contribution in [1.82, 2.24) is 10.2 Å². The van der Waals surface area contributed by atoms with Crippen molar-refractivity contribution in [2.24, 2.45) is 16.6 Å². The highest BCUT2D eigenvalue weighted by molar-refractivity contribution is 6.40. The molecule has 0 aromatic heterocycles. The summed E-state index contributed by atoms with van der Waals surface area (Å²) in [6.07, 6.45) is 0.907. The smallest absolute Gasteiger partial charge is 0.434 e. The van der Waals surface area contributed by atoms with Gasteiger partial charge in [0.1, 0.15) is 11.3 Å². The molecule has 0 saturated carbocycles. The Labute approximate surface area is 158 Å². The number of aliphatic imine (C=N–C) groups is 1. The maximum Gasteiger partial charge on any atom is 0.434 e. The third-order valence-corrected chi connectivity index (χ3v) is 4.91. The van der Waals surface area contributed by atoms with Crippen molar-refractivity contribution in [3.05, 3.63) is 0 Å². The third kappa shape index (κ3) is 5.51. The Kier molecular flexibility index (Phi) is 5.91. The maximum atomic E-state index is 12.4. The summed E-state index contributed by atoms with van der Waals surface area (Å²) in [5.41, 5.74) is 4.04. The molecule has 0 aromatic rings. The number of nitrogens with zero attached hydrogens (tertiary/aromatic N) is 2. The van der Waals surface area contributed by atoms with E-state index in [0.29, 0.717) is 32.4 Å². The summed E-state index contributed by atoms with van der Waals surface area (Å²) in [6.45, 7) is 7.75. The van der Waals surface area contributed by atoms with Crippen LogP contribution in [-0.4, -0.2) is 58.7 Å². The Balaban J connectivity index is 2.05. The van der Waals surface area contributed by atoms with E-state index in [-0.39, 0.29) is 29.5 Å². The number of amides is 4. The van der Waals surface area contributed by atoms with Gasteiger partial charge in [0.25, 0.3) is 5.91 Å². The first kappa shape index (κ1) is 20.9. The number of likely N-dealkylation sites (tertiary alicyclic amines) is 1. The van der Waals surface area contributed by atoms with Gasteiger partial charge in [0.2, 0.25) is 11.8 Å². The van der Waals surface area contributed by atoms with E-state index in [0.717, 1.165) is 0 Å². The van der Waals surface area contributed by atoms with E-state index >= 15 is 0 Å². The van der Waals surface area contributed by atoms with Crippen LogP contribution in [0.3, 0.4) is 0 Å². The van der Waals surface area contributed by atoms with Gasteiger partial charge in [-0.3, -0.25) is 14.4 Å². The SMILES string of the molecule is CC(=O)N1CCC2(CC1)CC(CC(=NC(=O)OC(C)(C)C)C(N)=O)C(=O)N2. The number of carbonyl (C=O) groups excluding carboxylic acids is 4. The Morgan fingerprint density at radius 3 is 2.37 bits per heavy atom. The van der Waals surface area contributed by atoms with Crippen LogP contribution in [0.2, 0.25) is 0 Å². The zero-order chi connectivity index (χ0) is 20.4.